The maximum Gasteiger partial charge on any atom is 0.0494 e. The minimum absolute atomic E-state index is 0.848. The van der Waals surface area contributed by atoms with Crippen molar-refractivity contribution in [2.45, 2.75) is 58.8 Å². The van der Waals surface area contributed by atoms with E-state index < -0.39 is 0 Å². The van der Waals surface area contributed by atoms with E-state index in [9.17, 15) is 0 Å². The average Bonchev–Trinajstić information content (AvgIpc) is 2.33. The molecule has 0 bridgehead atoms. The van der Waals surface area contributed by atoms with Crippen LogP contribution in [0.4, 0.5) is 0 Å². The van der Waals surface area contributed by atoms with Crippen LogP contribution in [-0.2, 0) is 4.74 Å². The minimum Gasteiger partial charge on any atom is -0.381 e. The second-order valence-electron chi connectivity index (χ2n) is 5.63. The van der Waals surface area contributed by atoms with Gasteiger partial charge in [-0.05, 0) is 57.0 Å². The van der Waals surface area contributed by atoms with E-state index in [4.69, 9.17) is 4.74 Å². The zero-order chi connectivity index (χ0) is 12.3. The Balaban J connectivity index is 1.83. The lowest BCUT2D eigenvalue weighted by atomic mass is 9.83. The predicted molar refractivity (Wildman–Crippen MR) is 74.3 cm³/mol. The molecule has 2 nitrogen and oxygen atoms in total. The van der Waals surface area contributed by atoms with Gasteiger partial charge in [-0.3, -0.25) is 0 Å². The molecule has 0 aromatic carbocycles. The van der Waals surface area contributed by atoms with Gasteiger partial charge in [-0.15, -0.1) is 0 Å². The molecule has 0 aromatic rings. The maximum absolute atomic E-state index is 5.81. The molecule has 0 aliphatic heterocycles. The molecular formula is C15H31NO. The van der Waals surface area contributed by atoms with Gasteiger partial charge >= 0.3 is 0 Å². The molecule has 1 rings (SSSR count). The van der Waals surface area contributed by atoms with Crippen LogP contribution < -0.4 is 5.32 Å². The van der Waals surface area contributed by atoms with E-state index in [2.05, 4.69) is 19.2 Å². The van der Waals surface area contributed by atoms with E-state index in [0.717, 1.165) is 38.1 Å². The van der Waals surface area contributed by atoms with Crippen LogP contribution in [0, 0.1) is 11.8 Å². The van der Waals surface area contributed by atoms with Crippen molar-refractivity contribution in [3.8, 4) is 0 Å². The Hall–Kier alpha value is -0.0800. The summed E-state index contributed by atoms with van der Waals surface area (Å²) in [5.41, 5.74) is 0. The summed E-state index contributed by atoms with van der Waals surface area (Å²) in [5.74, 6) is 1.78. The predicted octanol–water partition coefficient (Wildman–Crippen LogP) is 3.61. The van der Waals surface area contributed by atoms with Gasteiger partial charge in [-0.2, -0.15) is 0 Å². The van der Waals surface area contributed by atoms with Crippen LogP contribution in [0.15, 0.2) is 0 Å². The normalized spacial score (nSPS) is 25.1. The van der Waals surface area contributed by atoms with E-state index in [1.165, 1.54) is 44.9 Å². The number of hydrogen-bond donors (Lipinski definition) is 1. The highest BCUT2D eigenvalue weighted by molar-refractivity contribution is 4.69. The third kappa shape index (κ3) is 7.77. The van der Waals surface area contributed by atoms with E-state index in [0.29, 0.717) is 0 Å². The third-order valence-electron chi connectivity index (χ3n) is 3.79. The molecule has 17 heavy (non-hydrogen) atoms. The second-order valence-corrected chi connectivity index (χ2v) is 5.63. The number of rotatable bonds is 9. The zero-order valence-electron chi connectivity index (χ0n) is 11.8. The summed E-state index contributed by atoms with van der Waals surface area (Å²) in [5, 5.41) is 3.35. The molecule has 1 fully saturated rings. The molecule has 1 N–H and O–H groups in total. The Kier molecular flexibility index (Phi) is 8.72. The fourth-order valence-corrected chi connectivity index (χ4v) is 2.77. The standard InChI is InChI=1S/C15H31NO/c1-3-16-10-5-4-6-11-17-13-15-9-7-8-14(2)12-15/h14-16H,3-13H2,1-2H3. The summed E-state index contributed by atoms with van der Waals surface area (Å²) < 4.78 is 5.81. The van der Waals surface area contributed by atoms with Gasteiger partial charge in [-0.25, -0.2) is 0 Å². The lowest BCUT2D eigenvalue weighted by Crippen LogP contribution is -2.18. The molecule has 1 aliphatic rings. The quantitative estimate of drug-likeness (QED) is 0.623. The lowest BCUT2D eigenvalue weighted by molar-refractivity contribution is 0.0739. The summed E-state index contributed by atoms with van der Waals surface area (Å²) >= 11 is 0. The molecule has 0 spiro atoms. The topological polar surface area (TPSA) is 21.3 Å². The first-order valence-electron chi connectivity index (χ1n) is 7.61. The Morgan fingerprint density at radius 2 is 2.06 bits per heavy atom. The summed E-state index contributed by atoms with van der Waals surface area (Å²) in [6, 6.07) is 0. The molecule has 2 atom stereocenters. The van der Waals surface area contributed by atoms with Crippen LogP contribution in [0.2, 0.25) is 0 Å². The van der Waals surface area contributed by atoms with Gasteiger partial charge in [0.05, 0.1) is 0 Å². The molecule has 2 heteroatoms. The molecule has 0 amide bonds. The molecule has 0 saturated heterocycles. The van der Waals surface area contributed by atoms with Crippen molar-refractivity contribution in [2.24, 2.45) is 11.8 Å². The van der Waals surface area contributed by atoms with Gasteiger partial charge in [0.2, 0.25) is 0 Å². The van der Waals surface area contributed by atoms with Gasteiger partial charge in [0.15, 0.2) is 0 Å². The molecule has 0 radical (unpaired) electrons. The highest BCUT2D eigenvalue weighted by Gasteiger charge is 2.18. The van der Waals surface area contributed by atoms with Crippen molar-refractivity contribution in [2.75, 3.05) is 26.3 Å². The smallest absolute Gasteiger partial charge is 0.0494 e. The Bertz CT molecular complexity index is 172. The molecule has 1 aliphatic carbocycles. The van der Waals surface area contributed by atoms with E-state index in [1.54, 1.807) is 0 Å². The Morgan fingerprint density at radius 3 is 2.82 bits per heavy atom. The molecular weight excluding hydrogens is 210 g/mol. The highest BCUT2D eigenvalue weighted by atomic mass is 16.5. The fourth-order valence-electron chi connectivity index (χ4n) is 2.77. The number of hydrogen-bond acceptors (Lipinski definition) is 2. The molecule has 1 saturated carbocycles. The van der Waals surface area contributed by atoms with Crippen molar-refractivity contribution in [1.29, 1.82) is 0 Å². The Labute approximate surface area is 108 Å². The van der Waals surface area contributed by atoms with Crippen LogP contribution in [0.5, 0.6) is 0 Å². The SMILES string of the molecule is CCNCCCCCOCC1CCCC(C)C1. The summed E-state index contributed by atoms with van der Waals surface area (Å²) in [4.78, 5) is 0. The van der Waals surface area contributed by atoms with Crippen LogP contribution in [0.1, 0.15) is 58.8 Å². The van der Waals surface area contributed by atoms with Crippen molar-refractivity contribution >= 4 is 0 Å². The van der Waals surface area contributed by atoms with Crippen LogP contribution in [0.3, 0.4) is 0 Å². The van der Waals surface area contributed by atoms with E-state index in [1.807, 2.05) is 0 Å². The summed E-state index contributed by atoms with van der Waals surface area (Å²) in [7, 11) is 0. The van der Waals surface area contributed by atoms with Crippen LogP contribution >= 0.6 is 0 Å². The second kappa shape index (κ2) is 9.90. The highest BCUT2D eigenvalue weighted by Crippen LogP contribution is 2.28. The molecule has 0 heterocycles. The van der Waals surface area contributed by atoms with Crippen molar-refractivity contribution in [3.05, 3.63) is 0 Å². The zero-order valence-corrected chi connectivity index (χ0v) is 11.8. The van der Waals surface area contributed by atoms with Crippen molar-refractivity contribution in [1.82, 2.24) is 5.32 Å². The van der Waals surface area contributed by atoms with Crippen molar-refractivity contribution < 1.29 is 4.74 Å². The van der Waals surface area contributed by atoms with Gasteiger partial charge in [0.25, 0.3) is 0 Å². The molecule has 2 unspecified atom stereocenters. The first kappa shape index (κ1) is 15.0. The first-order chi connectivity index (χ1) is 8.33. The number of ether oxygens (including phenoxy) is 1. The lowest BCUT2D eigenvalue weighted by Gasteiger charge is -2.26. The van der Waals surface area contributed by atoms with Gasteiger partial charge in [0, 0.05) is 13.2 Å². The van der Waals surface area contributed by atoms with Crippen LogP contribution in [0.25, 0.3) is 0 Å². The van der Waals surface area contributed by atoms with E-state index in [-0.39, 0.29) is 0 Å². The van der Waals surface area contributed by atoms with Gasteiger partial charge < -0.3 is 10.1 Å². The number of nitrogens with one attached hydrogen (secondary N) is 1. The first-order valence-corrected chi connectivity index (χ1v) is 7.61. The number of unbranched alkanes of at least 4 members (excludes halogenated alkanes) is 2. The Morgan fingerprint density at radius 1 is 1.18 bits per heavy atom. The molecule has 102 valence electrons. The molecule has 0 aromatic heterocycles. The fraction of sp³-hybridized carbons (Fsp3) is 1.00. The monoisotopic (exact) mass is 241 g/mol. The minimum atomic E-state index is 0.848. The van der Waals surface area contributed by atoms with Crippen molar-refractivity contribution in [3.63, 3.8) is 0 Å². The van der Waals surface area contributed by atoms with Gasteiger partial charge in [0.1, 0.15) is 0 Å². The summed E-state index contributed by atoms with van der Waals surface area (Å²) in [6.07, 6.45) is 9.45. The van der Waals surface area contributed by atoms with Gasteiger partial charge in [-0.1, -0.05) is 26.7 Å². The van der Waals surface area contributed by atoms with E-state index >= 15 is 0 Å². The third-order valence-corrected chi connectivity index (χ3v) is 3.79. The van der Waals surface area contributed by atoms with Crippen LogP contribution in [-0.4, -0.2) is 26.3 Å². The largest absolute Gasteiger partial charge is 0.381 e. The summed E-state index contributed by atoms with van der Waals surface area (Å²) in [6.45, 7) is 8.78. The maximum atomic E-state index is 5.81. The average molecular weight is 241 g/mol.